The van der Waals surface area contributed by atoms with Gasteiger partial charge in [0.15, 0.2) is 0 Å². The molecule has 1 aliphatic rings. The molecule has 72 valence electrons. The van der Waals surface area contributed by atoms with E-state index in [0.717, 1.165) is 11.8 Å². The zero-order chi connectivity index (χ0) is 8.93. The van der Waals surface area contributed by atoms with Gasteiger partial charge in [0.25, 0.3) is 0 Å². The van der Waals surface area contributed by atoms with E-state index >= 15 is 0 Å². The van der Waals surface area contributed by atoms with Gasteiger partial charge in [0.2, 0.25) is 0 Å². The van der Waals surface area contributed by atoms with Crippen molar-refractivity contribution in [3.8, 4) is 0 Å². The van der Waals surface area contributed by atoms with Crippen LogP contribution in [-0.2, 0) is 5.75 Å². The van der Waals surface area contributed by atoms with Crippen LogP contribution in [0.25, 0.3) is 0 Å². The first-order valence-corrected chi connectivity index (χ1v) is 6.67. The molecule has 0 aliphatic carbocycles. The third kappa shape index (κ3) is 2.97. The predicted octanol–water partition coefficient (Wildman–Crippen LogP) is 2.13. The minimum Gasteiger partial charge on any atom is -0.313 e. The molecule has 13 heavy (non-hydrogen) atoms. The van der Waals surface area contributed by atoms with E-state index in [9.17, 15) is 0 Å². The zero-order valence-corrected chi connectivity index (χ0v) is 9.16. The van der Waals surface area contributed by atoms with Crippen LogP contribution in [0.3, 0.4) is 0 Å². The zero-order valence-electron chi connectivity index (χ0n) is 7.53. The molecule has 4 heteroatoms. The fraction of sp³-hybridized carbons (Fsp3) is 0.667. The number of thioether (sulfide) groups is 1. The lowest BCUT2D eigenvalue weighted by Crippen LogP contribution is -2.23. The monoisotopic (exact) mass is 214 g/mol. The molecule has 1 aliphatic heterocycles. The lowest BCUT2D eigenvalue weighted by Gasteiger charge is -2.07. The van der Waals surface area contributed by atoms with Gasteiger partial charge in [-0.2, -0.15) is 11.8 Å². The number of rotatable bonds is 4. The van der Waals surface area contributed by atoms with Crippen molar-refractivity contribution in [3.05, 3.63) is 16.6 Å². The quantitative estimate of drug-likeness (QED) is 0.831. The summed E-state index contributed by atoms with van der Waals surface area (Å²) in [5, 5.41) is 3.50. The molecule has 1 N–H and O–H groups in total. The van der Waals surface area contributed by atoms with Crippen molar-refractivity contribution in [3.63, 3.8) is 0 Å². The Labute approximate surface area is 87.1 Å². The van der Waals surface area contributed by atoms with Crippen molar-refractivity contribution in [1.29, 1.82) is 0 Å². The highest BCUT2D eigenvalue weighted by Crippen LogP contribution is 2.18. The molecule has 0 amide bonds. The van der Waals surface area contributed by atoms with E-state index in [1.165, 1.54) is 30.0 Å². The normalized spacial score (nSPS) is 22.3. The maximum atomic E-state index is 4.06. The molecule has 2 rings (SSSR count). The molecular formula is C9H14N2S2. The van der Waals surface area contributed by atoms with Crippen molar-refractivity contribution in [1.82, 2.24) is 10.3 Å². The van der Waals surface area contributed by atoms with Gasteiger partial charge in [-0.25, -0.2) is 0 Å². The van der Waals surface area contributed by atoms with Gasteiger partial charge in [0.1, 0.15) is 0 Å². The van der Waals surface area contributed by atoms with Crippen molar-refractivity contribution in [2.45, 2.75) is 24.6 Å². The van der Waals surface area contributed by atoms with Gasteiger partial charge < -0.3 is 5.32 Å². The SMILES string of the molecule is c1ncc(CSC[C@@H]2CCCN2)s1. The second-order valence-electron chi connectivity index (χ2n) is 3.28. The molecule has 2 nitrogen and oxygen atoms in total. The summed E-state index contributed by atoms with van der Waals surface area (Å²) in [6, 6.07) is 0.762. The van der Waals surface area contributed by atoms with Crippen LogP contribution >= 0.6 is 23.1 Å². The standard InChI is InChI=1S/C9H14N2S2/c1-2-8(11-3-1)5-12-6-9-4-10-7-13-9/h4,7-8,11H,1-3,5-6H2/t8-/m0/s1. The van der Waals surface area contributed by atoms with E-state index in [4.69, 9.17) is 0 Å². The summed E-state index contributed by atoms with van der Waals surface area (Å²) in [5.74, 6) is 2.38. The summed E-state index contributed by atoms with van der Waals surface area (Å²) in [6.07, 6.45) is 4.68. The van der Waals surface area contributed by atoms with Crippen LogP contribution in [0.2, 0.25) is 0 Å². The molecule has 1 fully saturated rings. The van der Waals surface area contributed by atoms with Gasteiger partial charge in [0, 0.05) is 28.6 Å². The second kappa shape index (κ2) is 4.98. The summed E-state index contributed by atoms with van der Waals surface area (Å²) in [5.41, 5.74) is 1.91. The molecule has 1 aromatic heterocycles. The average molecular weight is 214 g/mol. The first kappa shape index (κ1) is 9.49. The van der Waals surface area contributed by atoms with Gasteiger partial charge in [-0.1, -0.05) is 0 Å². The Morgan fingerprint density at radius 1 is 1.69 bits per heavy atom. The van der Waals surface area contributed by atoms with Crippen LogP contribution in [0.15, 0.2) is 11.7 Å². The molecule has 0 unspecified atom stereocenters. The molecule has 0 radical (unpaired) electrons. The lowest BCUT2D eigenvalue weighted by atomic mass is 10.3. The molecule has 2 heterocycles. The van der Waals surface area contributed by atoms with Gasteiger partial charge in [-0.3, -0.25) is 4.98 Å². The maximum absolute atomic E-state index is 4.06. The largest absolute Gasteiger partial charge is 0.313 e. The van der Waals surface area contributed by atoms with E-state index in [0.29, 0.717) is 0 Å². The molecule has 1 aromatic rings. The van der Waals surface area contributed by atoms with E-state index in [-0.39, 0.29) is 0 Å². The van der Waals surface area contributed by atoms with Crippen LogP contribution in [-0.4, -0.2) is 23.3 Å². The topological polar surface area (TPSA) is 24.9 Å². The van der Waals surface area contributed by atoms with Crippen molar-refractivity contribution < 1.29 is 0 Å². The second-order valence-corrected chi connectivity index (χ2v) is 5.28. The summed E-state index contributed by atoms with van der Waals surface area (Å²) in [7, 11) is 0. The predicted molar refractivity (Wildman–Crippen MR) is 59.3 cm³/mol. The van der Waals surface area contributed by atoms with E-state index < -0.39 is 0 Å². The Hall–Kier alpha value is -0.0600. The smallest absolute Gasteiger partial charge is 0.0794 e. The minimum absolute atomic E-state index is 0.762. The molecule has 0 aromatic carbocycles. The Morgan fingerprint density at radius 2 is 2.69 bits per heavy atom. The Bertz CT molecular complexity index is 230. The molecule has 0 bridgehead atoms. The van der Waals surface area contributed by atoms with E-state index in [2.05, 4.69) is 10.3 Å². The maximum Gasteiger partial charge on any atom is 0.0794 e. The van der Waals surface area contributed by atoms with Gasteiger partial charge in [-0.15, -0.1) is 11.3 Å². The Morgan fingerprint density at radius 3 is 3.38 bits per heavy atom. The minimum atomic E-state index is 0.762. The first-order chi connectivity index (χ1) is 6.45. The molecule has 1 atom stereocenters. The van der Waals surface area contributed by atoms with Gasteiger partial charge >= 0.3 is 0 Å². The highest BCUT2D eigenvalue weighted by Gasteiger charge is 2.13. The number of thiazole rings is 1. The van der Waals surface area contributed by atoms with Crippen LogP contribution in [0, 0.1) is 0 Å². The number of hydrogen-bond donors (Lipinski definition) is 1. The molecule has 0 spiro atoms. The highest BCUT2D eigenvalue weighted by atomic mass is 32.2. The number of hydrogen-bond acceptors (Lipinski definition) is 4. The Balaban J connectivity index is 1.63. The first-order valence-electron chi connectivity index (χ1n) is 4.63. The highest BCUT2D eigenvalue weighted by molar-refractivity contribution is 7.98. The number of nitrogens with one attached hydrogen (secondary N) is 1. The molecule has 1 saturated heterocycles. The number of aromatic nitrogens is 1. The van der Waals surface area contributed by atoms with Crippen LogP contribution in [0.4, 0.5) is 0 Å². The van der Waals surface area contributed by atoms with Crippen molar-refractivity contribution in [2.75, 3.05) is 12.3 Å². The van der Waals surface area contributed by atoms with Crippen molar-refractivity contribution >= 4 is 23.1 Å². The lowest BCUT2D eigenvalue weighted by molar-refractivity contribution is 0.674. The Kier molecular flexibility index (Phi) is 3.64. The third-order valence-corrected chi connectivity index (χ3v) is 4.32. The summed E-state index contributed by atoms with van der Waals surface area (Å²) in [6.45, 7) is 1.21. The molecular weight excluding hydrogens is 200 g/mol. The summed E-state index contributed by atoms with van der Waals surface area (Å²) < 4.78 is 0. The van der Waals surface area contributed by atoms with Gasteiger partial charge in [-0.05, 0) is 19.4 Å². The van der Waals surface area contributed by atoms with E-state index in [1.807, 2.05) is 23.5 Å². The number of nitrogens with zero attached hydrogens (tertiary/aromatic N) is 1. The van der Waals surface area contributed by atoms with Crippen LogP contribution < -0.4 is 5.32 Å². The fourth-order valence-corrected chi connectivity index (χ4v) is 3.38. The van der Waals surface area contributed by atoms with E-state index in [1.54, 1.807) is 11.3 Å². The molecule has 0 saturated carbocycles. The van der Waals surface area contributed by atoms with Crippen LogP contribution in [0.5, 0.6) is 0 Å². The van der Waals surface area contributed by atoms with Crippen molar-refractivity contribution in [2.24, 2.45) is 0 Å². The van der Waals surface area contributed by atoms with Crippen LogP contribution in [0.1, 0.15) is 17.7 Å². The average Bonchev–Trinajstić information content (AvgIpc) is 2.75. The van der Waals surface area contributed by atoms with Gasteiger partial charge in [0.05, 0.1) is 5.51 Å². The summed E-state index contributed by atoms with van der Waals surface area (Å²) >= 11 is 3.77. The third-order valence-electron chi connectivity index (χ3n) is 2.21. The fourth-order valence-electron chi connectivity index (χ4n) is 1.51. The summed E-state index contributed by atoms with van der Waals surface area (Å²) in [4.78, 5) is 5.45.